The van der Waals surface area contributed by atoms with Gasteiger partial charge in [0.05, 0.1) is 10.9 Å². The number of hydrogen-bond acceptors (Lipinski definition) is 5. The summed E-state index contributed by atoms with van der Waals surface area (Å²) in [5, 5.41) is 11.7. The summed E-state index contributed by atoms with van der Waals surface area (Å²) in [5.41, 5.74) is 0.0934. The molecule has 0 fully saturated rings. The van der Waals surface area contributed by atoms with Gasteiger partial charge in [-0.15, -0.1) is 0 Å². The van der Waals surface area contributed by atoms with Crippen LogP contribution in [0.5, 0.6) is 0 Å². The lowest BCUT2D eigenvalue weighted by Crippen LogP contribution is -2.10. The Morgan fingerprint density at radius 1 is 1.39 bits per heavy atom. The van der Waals surface area contributed by atoms with Gasteiger partial charge in [0.2, 0.25) is 0 Å². The molecule has 1 aromatic carbocycles. The van der Waals surface area contributed by atoms with Crippen molar-refractivity contribution in [2.45, 2.75) is 12.8 Å². The van der Waals surface area contributed by atoms with Crippen LogP contribution in [-0.4, -0.2) is 22.6 Å². The minimum atomic E-state index is -0.857. The van der Waals surface area contributed by atoms with Crippen molar-refractivity contribution in [2.75, 3.05) is 11.9 Å². The number of aromatic nitrogens is 1. The lowest BCUT2D eigenvalue weighted by Gasteiger charge is -2.03. The molecule has 0 atom stereocenters. The van der Waals surface area contributed by atoms with Crippen LogP contribution in [0.25, 0.3) is 10.9 Å². The zero-order chi connectivity index (χ0) is 13.0. The number of hydrogen-bond donors (Lipinski definition) is 2. The van der Waals surface area contributed by atoms with E-state index in [9.17, 15) is 9.59 Å². The molecule has 0 bridgehead atoms. The van der Waals surface area contributed by atoms with Crippen LogP contribution in [-0.2, 0) is 4.79 Å². The molecule has 1 aromatic heterocycles. The van der Waals surface area contributed by atoms with Crippen LogP contribution in [0.15, 0.2) is 33.5 Å². The summed E-state index contributed by atoms with van der Waals surface area (Å²) in [6, 6.07) is 6.99. The van der Waals surface area contributed by atoms with Crippen molar-refractivity contribution in [3.8, 4) is 0 Å². The van der Waals surface area contributed by atoms with E-state index < -0.39 is 11.6 Å². The Kier molecular flexibility index (Phi) is 3.57. The van der Waals surface area contributed by atoms with E-state index in [1.807, 2.05) is 0 Å². The molecule has 0 aliphatic carbocycles. The molecule has 0 spiro atoms. The number of benzene rings is 1. The summed E-state index contributed by atoms with van der Waals surface area (Å²) in [6.07, 6.45) is 0.498. The monoisotopic (exact) mass is 248 g/mol. The van der Waals surface area contributed by atoms with Crippen LogP contribution in [0, 0.1) is 0 Å². The molecule has 2 rings (SSSR count). The molecule has 6 nitrogen and oxygen atoms in total. The van der Waals surface area contributed by atoms with Crippen LogP contribution in [0.4, 0.5) is 6.01 Å². The number of carboxylic acids is 1. The Balaban J connectivity index is 2.10. The highest BCUT2D eigenvalue weighted by Crippen LogP contribution is 2.10. The molecule has 2 aromatic rings. The first-order valence-electron chi connectivity index (χ1n) is 5.52. The van der Waals surface area contributed by atoms with Gasteiger partial charge in [-0.3, -0.25) is 4.79 Å². The fraction of sp³-hybridized carbons (Fsp3) is 0.250. The van der Waals surface area contributed by atoms with Gasteiger partial charge >= 0.3 is 11.6 Å². The molecule has 0 aliphatic heterocycles. The summed E-state index contributed by atoms with van der Waals surface area (Å²) < 4.78 is 4.97. The Hall–Kier alpha value is -2.37. The van der Waals surface area contributed by atoms with Gasteiger partial charge < -0.3 is 14.8 Å². The summed E-state index contributed by atoms with van der Waals surface area (Å²) in [4.78, 5) is 26.0. The van der Waals surface area contributed by atoms with Crippen LogP contribution >= 0.6 is 0 Å². The van der Waals surface area contributed by atoms with Crippen molar-refractivity contribution in [1.82, 2.24) is 4.98 Å². The maximum Gasteiger partial charge on any atom is 0.348 e. The van der Waals surface area contributed by atoms with Crippen LogP contribution in [0.1, 0.15) is 12.8 Å². The lowest BCUT2D eigenvalue weighted by atomic mass is 10.2. The molecule has 0 amide bonds. The van der Waals surface area contributed by atoms with E-state index in [0.717, 1.165) is 0 Å². The number of nitrogens with zero attached hydrogens (tertiary/aromatic N) is 1. The van der Waals surface area contributed by atoms with Crippen molar-refractivity contribution in [2.24, 2.45) is 0 Å². The van der Waals surface area contributed by atoms with E-state index in [4.69, 9.17) is 9.52 Å². The number of anilines is 1. The number of para-hydroxylation sites is 1. The van der Waals surface area contributed by atoms with Gasteiger partial charge in [0, 0.05) is 13.0 Å². The number of nitrogens with one attached hydrogen (secondary N) is 1. The Morgan fingerprint density at radius 3 is 2.94 bits per heavy atom. The van der Waals surface area contributed by atoms with E-state index in [0.29, 0.717) is 23.9 Å². The second-order valence-corrected chi connectivity index (χ2v) is 3.75. The number of rotatable bonds is 5. The fourth-order valence-corrected chi connectivity index (χ4v) is 1.53. The SMILES string of the molecule is O=C(O)CCCNc1nc2ccccc2c(=O)o1. The second-order valence-electron chi connectivity index (χ2n) is 3.75. The normalized spacial score (nSPS) is 10.4. The fourth-order valence-electron chi connectivity index (χ4n) is 1.53. The average molecular weight is 248 g/mol. The van der Waals surface area contributed by atoms with Crippen LogP contribution in [0.2, 0.25) is 0 Å². The van der Waals surface area contributed by atoms with E-state index >= 15 is 0 Å². The number of carbonyl (C=O) groups is 1. The van der Waals surface area contributed by atoms with Gasteiger partial charge in [0.15, 0.2) is 0 Å². The topological polar surface area (TPSA) is 92.4 Å². The number of carboxylic acid groups (broad SMARTS) is 1. The van der Waals surface area contributed by atoms with E-state index in [-0.39, 0.29) is 12.4 Å². The first-order chi connectivity index (χ1) is 8.66. The quantitative estimate of drug-likeness (QED) is 0.778. The third-order valence-corrected chi connectivity index (χ3v) is 2.38. The van der Waals surface area contributed by atoms with Crippen molar-refractivity contribution < 1.29 is 14.3 Å². The Labute approximate surface area is 102 Å². The molecule has 94 valence electrons. The van der Waals surface area contributed by atoms with E-state index in [1.54, 1.807) is 24.3 Å². The van der Waals surface area contributed by atoms with E-state index in [2.05, 4.69) is 10.3 Å². The molecule has 6 heteroatoms. The van der Waals surface area contributed by atoms with Crippen LogP contribution in [0.3, 0.4) is 0 Å². The maximum atomic E-state index is 11.6. The Morgan fingerprint density at radius 2 is 2.17 bits per heavy atom. The predicted octanol–water partition coefficient (Wildman–Crippen LogP) is 1.46. The van der Waals surface area contributed by atoms with Crippen molar-refractivity contribution in [3.05, 3.63) is 34.7 Å². The molecular weight excluding hydrogens is 236 g/mol. The molecule has 0 unspecified atom stereocenters. The average Bonchev–Trinajstić information content (AvgIpc) is 2.35. The van der Waals surface area contributed by atoms with E-state index in [1.165, 1.54) is 0 Å². The van der Waals surface area contributed by atoms with Crippen LogP contribution < -0.4 is 10.9 Å². The molecule has 2 N–H and O–H groups in total. The minimum Gasteiger partial charge on any atom is -0.481 e. The molecule has 0 saturated heterocycles. The van der Waals surface area contributed by atoms with Crippen molar-refractivity contribution in [3.63, 3.8) is 0 Å². The highest BCUT2D eigenvalue weighted by molar-refractivity contribution is 5.77. The first kappa shape index (κ1) is 12.1. The maximum absolute atomic E-state index is 11.6. The first-order valence-corrected chi connectivity index (χ1v) is 5.52. The zero-order valence-electron chi connectivity index (χ0n) is 9.55. The molecule has 18 heavy (non-hydrogen) atoms. The second kappa shape index (κ2) is 5.31. The van der Waals surface area contributed by atoms with Gasteiger partial charge in [-0.05, 0) is 18.6 Å². The van der Waals surface area contributed by atoms with Gasteiger partial charge in [0.25, 0.3) is 6.01 Å². The molecule has 1 heterocycles. The predicted molar refractivity (Wildman–Crippen MR) is 65.6 cm³/mol. The minimum absolute atomic E-state index is 0.0603. The third-order valence-electron chi connectivity index (χ3n) is 2.38. The zero-order valence-corrected chi connectivity index (χ0v) is 9.55. The summed E-state index contributed by atoms with van der Waals surface area (Å²) >= 11 is 0. The highest BCUT2D eigenvalue weighted by Gasteiger charge is 2.05. The molecular formula is C12H12N2O4. The standard InChI is InChI=1S/C12H12N2O4/c15-10(16)6-3-7-13-12-14-9-5-2-1-4-8(9)11(17)18-12/h1-2,4-5H,3,6-7H2,(H,13,14)(H,15,16). The smallest absolute Gasteiger partial charge is 0.348 e. The number of fused-ring (bicyclic) bond motifs is 1. The largest absolute Gasteiger partial charge is 0.481 e. The summed E-state index contributed by atoms with van der Waals surface area (Å²) in [5.74, 6) is -0.857. The Bertz CT molecular complexity index is 621. The highest BCUT2D eigenvalue weighted by atomic mass is 16.4. The van der Waals surface area contributed by atoms with Gasteiger partial charge in [-0.25, -0.2) is 4.79 Å². The van der Waals surface area contributed by atoms with Crippen molar-refractivity contribution >= 4 is 22.9 Å². The molecule has 0 saturated carbocycles. The third kappa shape index (κ3) is 2.85. The number of aliphatic carboxylic acids is 1. The van der Waals surface area contributed by atoms with Gasteiger partial charge in [0.1, 0.15) is 0 Å². The van der Waals surface area contributed by atoms with Crippen molar-refractivity contribution in [1.29, 1.82) is 0 Å². The lowest BCUT2D eigenvalue weighted by molar-refractivity contribution is -0.137. The molecule has 0 radical (unpaired) electrons. The van der Waals surface area contributed by atoms with Gasteiger partial charge in [-0.1, -0.05) is 12.1 Å². The molecule has 0 aliphatic rings. The summed E-state index contributed by atoms with van der Waals surface area (Å²) in [7, 11) is 0. The van der Waals surface area contributed by atoms with Gasteiger partial charge in [-0.2, -0.15) is 4.98 Å². The summed E-state index contributed by atoms with van der Waals surface area (Å²) in [6.45, 7) is 0.389.